The molecular weight excluding hydrogens is 326 g/mol. The fourth-order valence-electron chi connectivity index (χ4n) is 4.45. The van der Waals surface area contributed by atoms with Crippen molar-refractivity contribution in [3.05, 3.63) is 36.0 Å². The fraction of sp³-hybridized carbons (Fsp3) is 0.571. The molecule has 4 rings (SSSR count). The summed E-state index contributed by atoms with van der Waals surface area (Å²) in [7, 11) is 0. The van der Waals surface area contributed by atoms with Gasteiger partial charge < -0.3 is 14.6 Å². The summed E-state index contributed by atoms with van der Waals surface area (Å²) < 4.78 is 5.96. The van der Waals surface area contributed by atoms with Crippen LogP contribution in [-0.2, 0) is 4.74 Å². The molecule has 2 aliphatic rings. The van der Waals surface area contributed by atoms with E-state index in [0.717, 1.165) is 63.1 Å². The first-order valence-corrected chi connectivity index (χ1v) is 9.75. The third kappa shape index (κ3) is 3.38. The van der Waals surface area contributed by atoms with Gasteiger partial charge in [-0.1, -0.05) is 18.2 Å². The van der Waals surface area contributed by atoms with Crippen molar-refractivity contribution in [2.75, 3.05) is 39.4 Å². The van der Waals surface area contributed by atoms with Crippen LogP contribution in [0.1, 0.15) is 37.2 Å². The van der Waals surface area contributed by atoms with E-state index in [0.29, 0.717) is 11.7 Å². The number of para-hydroxylation sites is 1. The number of carbonyl (C=O) groups is 1. The van der Waals surface area contributed by atoms with E-state index in [1.165, 1.54) is 0 Å². The first-order chi connectivity index (χ1) is 12.6. The van der Waals surface area contributed by atoms with Crippen LogP contribution in [0.15, 0.2) is 30.3 Å². The van der Waals surface area contributed by atoms with Crippen LogP contribution in [0.5, 0.6) is 0 Å². The van der Waals surface area contributed by atoms with Crippen LogP contribution in [0.2, 0.25) is 0 Å². The maximum Gasteiger partial charge on any atom is 0.270 e. The quantitative estimate of drug-likeness (QED) is 0.900. The Kier molecular flexibility index (Phi) is 4.76. The first kappa shape index (κ1) is 17.6. The molecule has 1 N–H and O–H groups in total. The molecule has 0 bridgehead atoms. The lowest BCUT2D eigenvalue weighted by Crippen LogP contribution is -2.53. The molecule has 2 saturated heterocycles. The Bertz CT molecular complexity index is 751. The summed E-state index contributed by atoms with van der Waals surface area (Å²) in [4.78, 5) is 21.0. The van der Waals surface area contributed by atoms with Gasteiger partial charge in [0.2, 0.25) is 0 Å². The number of H-pyrrole nitrogens is 1. The molecule has 1 amide bonds. The molecule has 26 heavy (non-hydrogen) atoms. The lowest BCUT2D eigenvalue weighted by molar-refractivity contribution is 0.00553. The number of aromatic nitrogens is 1. The van der Waals surface area contributed by atoms with Crippen LogP contribution in [0.25, 0.3) is 10.9 Å². The van der Waals surface area contributed by atoms with Gasteiger partial charge in [-0.05, 0) is 38.8 Å². The van der Waals surface area contributed by atoms with Crippen LogP contribution in [0.3, 0.4) is 0 Å². The largest absolute Gasteiger partial charge is 0.379 e. The van der Waals surface area contributed by atoms with Crippen molar-refractivity contribution < 1.29 is 9.53 Å². The number of aromatic amines is 1. The predicted octanol–water partition coefficient (Wildman–Crippen LogP) is 3.13. The average molecular weight is 355 g/mol. The van der Waals surface area contributed by atoms with Crippen LogP contribution in [0.4, 0.5) is 0 Å². The van der Waals surface area contributed by atoms with Gasteiger partial charge in [-0.25, -0.2) is 0 Å². The number of likely N-dealkylation sites (tertiary alicyclic amines) is 1. The molecular formula is C21H29N3O2. The van der Waals surface area contributed by atoms with E-state index >= 15 is 0 Å². The summed E-state index contributed by atoms with van der Waals surface area (Å²) >= 11 is 0. The Balaban J connectivity index is 1.54. The molecule has 1 aromatic carbocycles. The Morgan fingerprint density at radius 3 is 2.88 bits per heavy atom. The predicted molar refractivity (Wildman–Crippen MR) is 103 cm³/mol. The van der Waals surface area contributed by atoms with E-state index < -0.39 is 0 Å². The molecule has 140 valence electrons. The number of rotatable bonds is 2. The number of hydrogen-bond donors (Lipinski definition) is 1. The Labute approximate surface area is 155 Å². The number of nitrogens with zero attached hydrogens (tertiary/aromatic N) is 2. The molecule has 1 aromatic heterocycles. The maximum atomic E-state index is 13.1. The summed E-state index contributed by atoms with van der Waals surface area (Å²) in [5.74, 6) is 0.112. The first-order valence-electron chi connectivity index (χ1n) is 9.75. The molecule has 0 saturated carbocycles. The van der Waals surface area contributed by atoms with Crippen molar-refractivity contribution in [1.29, 1.82) is 0 Å². The molecule has 2 aliphatic heterocycles. The van der Waals surface area contributed by atoms with Crippen LogP contribution < -0.4 is 0 Å². The van der Waals surface area contributed by atoms with Gasteiger partial charge in [-0.2, -0.15) is 0 Å². The van der Waals surface area contributed by atoms with Gasteiger partial charge in [0.25, 0.3) is 5.91 Å². The fourth-order valence-corrected chi connectivity index (χ4v) is 4.45. The van der Waals surface area contributed by atoms with E-state index in [1.54, 1.807) is 0 Å². The minimum atomic E-state index is 0.0562. The molecule has 0 aliphatic carbocycles. The minimum absolute atomic E-state index is 0.0562. The van der Waals surface area contributed by atoms with Crippen molar-refractivity contribution in [2.45, 2.75) is 32.7 Å². The number of amides is 1. The van der Waals surface area contributed by atoms with Gasteiger partial charge in [0.1, 0.15) is 5.69 Å². The number of fused-ring (bicyclic) bond motifs is 1. The zero-order valence-electron chi connectivity index (χ0n) is 15.8. The number of benzene rings is 1. The third-order valence-electron chi connectivity index (χ3n) is 5.91. The maximum absolute atomic E-state index is 13.1. The normalized spacial score (nSPS) is 25.1. The number of piperidine rings is 1. The van der Waals surface area contributed by atoms with Crippen LogP contribution in [-0.4, -0.2) is 66.1 Å². The molecule has 1 atom stereocenters. The molecule has 5 heteroatoms. The zero-order chi connectivity index (χ0) is 18.1. The van der Waals surface area contributed by atoms with Crippen molar-refractivity contribution in [1.82, 2.24) is 14.8 Å². The Morgan fingerprint density at radius 2 is 2.08 bits per heavy atom. The highest BCUT2D eigenvalue weighted by molar-refractivity contribution is 5.98. The summed E-state index contributed by atoms with van der Waals surface area (Å²) in [5.41, 5.74) is 1.77. The van der Waals surface area contributed by atoms with Crippen molar-refractivity contribution in [3.8, 4) is 0 Å². The monoisotopic (exact) mass is 355 g/mol. The van der Waals surface area contributed by atoms with Gasteiger partial charge in [0.05, 0.1) is 13.2 Å². The van der Waals surface area contributed by atoms with Gasteiger partial charge in [-0.3, -0.25) is 9.69 Å². The smallest absolute Gasteiger partial charge is 0.270 e. The molecule has 2 fully saturated rings. The van der Waals surface area contributed by atoms with Crippen molar-refractivity contribution >= 4 is 16.8 Å². The standard InChI is InChI=1S/C21H29N3O2/c1-16(2)23-10-11-26-15-21(13-23)8-5-9-24(14-21)20(25)19-12-17-6-3-4-7-18(17)22-19/h3-4,6-7,12,16,22H,5,8-11,13-15H2,1-2H3/t21-/m0/s1. The summed E-state index contributed by atoms with van der Waals surface area (Å²) in [5, 5.41) is 1.09. The Morgan fingerprint density at radius 1 is 1.23 bits per heavy atom. The highest BCUT2D eigenvalue weighted by atomic mass is 16.5. The molecule has 0 radical (unpaired) electrons. The summed E-state index contributed by atoms with van der Waals surface area (Å²) in [6.07, 6.45) is 2.17. The molecule has 0 unspecified atom stereocenters. The Hall–Kier alpha value is -1.85. The van der Waals surface area contributed by atoms with Crippen LogP contribution in [0, 0.1) is 5.41 Å². The molecule has 3 heterocycles. The van der Waals surface area contributed by atoms with E-state index in [4.69, 9.17) is 4.74 Å². The zero-order valence-corrected chi connectivity index (χ0v) is 15.8. The van der Waals surface area contributed by atoms with E-state index in [1.807, 2.05) is 35.2 Å². The lowest BCUT2D eigenvalue weighted by Gasteiger charge is -2.44. The third-order valence-corrected chi connectivity index (χ3v) is 5.91. The lowest BCUT2D eigenvalue weighted by atomic mass is 9.79. The van der Waals surface area contributed by atoms with E-state index in [-0.39, 0.29) is 11.3 Å². The van der Waals surface area contributed by atoms with Gasteiger partial charge >= 0.3 is 0 Å². The second kappa shape index (κ2) is 7.05. The average Bonchev–Trinajstić information content (AvgIpc) is 2.97. The second-order valence-electron chi connectivity index (χ2n) is 8.22. The number of hydrogen-bond acceptors (Lipinski definition) is 3. The van der Waals surface area contributed by atoms with Crippen molar-refractivity contribution in [2.24, 2.45) is 5.41 Å². The van der Waals surface area contributed by atoms with Crippen LogP contribution >= 0.6 is 0 Å². The molecule has 2 aromatic rings. The second-order valence-corrected chi connectivity index (χ2v) is 8.22. The minimum Gasteiger partial charge on any atom is -0.379 e. The van der Waals surface area contributed by atoms with Gasteiger partial charge in [-0.15, -0.1) is 0 Å². The topological polar surface area (TPSA) is 48.6 Å². The van der Waals surface area contributed by atoms with E-state index in [9.17, 15) is 4.79 Å². The van der Waals surface area contributed by atoms with Gasteiger partial charge in [0.15, 0.2) is 0 Å². The van der Waals surface area contributed by atoms with E-state index in [2.05, 4.69) is 23.7 Å². The summed E-state index contributed by atoms with van der Waals surface area (Å²) in [6.45, 7) is 9.64. The molecule has 1 spiro atoms. The van der Waals surface area contributed by atoms with Crippen molar-refractivity contribution in [3.63, 3.8) is 0 Å². The highest BCUT2D eigenvalue weighted by Crippen LogP contribution is 2.34. The summed E-state index contributed by atoms with van der Waals surface area (Å²) in [6, 6.07) is 10.5. The number of carbonyl (C=O) groups excluding carboxylic acids is 1. The SMILES string of the molecule is CC(C)N1CCOC[C@@]2(CCCN(C(=O)c3cc4ccccc4[nH]3)C2)C1. The number of ether oxygens (including phenoxy) is 1. The van der Waals surface area contributed by atoms with Gasteiger partial charge in [0, 0.05) is 48.5 Å². The number of nitrogens with one attached hydrogen (secondary N) is 1. The highest BCUT2D eigenvalue weighted by Gasteiger charge is 2.41. The molecule has 5 nitrogen and oxygen atoms in total.